The van der Waals surface area contributed by atoms with E-state index in [1.807, 2.05) is 54.6 Å². The lowest BCUT2D eigenvalue weighted by Crippen LogP contribution is -2.47. The van der Waals surface area contributed by atoms with Crippen LogP contribution in [0.3, 0.4) is 0 Å². The molecule has 0 amide bonds. The third-order valence-electron chi connectivity index (χ3n) is 6.26. The fraction of sp³-hybridized carbons (Fsp3) is 0.296. The van der Waals surface area contributed by atoms with E-state index < -0.39 is 23.6 Å². The number of carbonyl (C=O) groups excluding carboxylic acids is 2. The van der Waals surface area contributed by atoms with Crippen LogP contribution in [-0.4, -0.2) is 44.0 Å². The maximum absolute atomic E-state index is 12.5. The second-order valence-electron chi connectivity index (χ2n) is 9.56. The second-order valence-corrected chi connectivity index (χ2v) is 9.56. The fourth-order valence-corrected chi connectivity index (χ4v) is 4.42. The van der Waals surface area contributed by atoms with Gasteiger partial charge in [-0.15, -0.1) is 0 Å². The van der Waals surface area contributed by atoms with E-state index in [0.29, 0.717) is 29.0 Å². The molecule has 1 fully saturated rings. The zero-order valence-electron chi connectivity index (χ0n) is 21.0. The van der Waals surface area contributed by atoms with Gasteiger partial charge in [0.1, 0.15) is 29.3 Å². The third-order valence-corrected chi connectivity index (χ3v) is 6.26. The Morgan fingerprint density at radius 3 is 2.32 bits per heavy atom. The summed E-state index contributed by atoms with van der Waals surface area (Å²) in [4.78, 5) is 33.5. The van der Waals surface area contributed by atoms with Crippen molar-refractivity contribution < 1.29 is 23.8 Å². The van der Waals surface area contributed by atoms with Crippen LogP contribution in [0.2, 0.25) is 0 Å². The van der Waals surface area contributed by atoms with Crippen molar-refractivity contribution in [2.24, 2.45) is 17.6 Å². The van der Waals surface area contributed by atoms with Crippen LogP contribution in [0.5, 0.6) is 11.5 Å². The molecular formula is C27H28N6O5. The first-order valence-electron chi connectivity index (χ1n) is 12.2. The summed E-state index contributed by atoms with van der Waals surface area (Å²) in [5.74, 6) is -2.20. The average molecular weight is 517 g/mol. The summed E-state index contributed by atoms with van der Waals surface area (Å²) in [5.41, 5.74) is 14.2. The lowest BCUT2D eigenvalue weighted by molar-refractivity contribution is -0.240. The zero-order chi connectivity index (χ0) is 26.9. The van der Waals surface area contributed by atoms with Gasteiger partial charge in [-0.05, 0) is 55.3 Å². The Labute approximate surface area is 218 Å². The maximum Gasteiger partial charge on any atom is 0.323 e. The molecule has 5 rings (SSSR count). The van der Waals surface area contributed by atoms with Crippen molar-refractivity contribution >= 4 is 28.8 Å². The summed E-state index contributed by atoms with van der Waals surface area (Å²) < 4.78 is 18.1. The quantitative estimate of drug-likeness (QED) is 0.263. The van der Waals surface area contributed by atoms with E-state index in [2.05, 4.69) is 9.97 Å². The maximum atomic E-state index is 12.5. The first-order chi connectivity index (χ1) is 18.2. The highest BCUT2D eigenvalue weighted by atomic mass is 16.7. The number of nitrogens with zero attached hydrogens (tertiary/aromatic N) is 4. The molecule has 11 heteroatoms. The number of hydrogen-bond acceptors (Lipinski definition) is 10. The molecule has 2 aromatic heterocycles. The van der Waals surface area contributed by atoms with Gasteiger partial charge in [0.15, 0.2) is 11.6 Å². The molecule has 1 saturated heterocycles. The van der Waals surface area contributed by atoms with Crippen molar-refractivity contribution in [1.82, 2.24) is 19.7 Å². The van der Waals surface area contributed by atoms with Crippen molar-refractivity contribution in [1.29, 1.82) is 0 Å². The number of rotatable bonds is 8. The highest BCUT2D eigenvalue weighted by Gasteiger charge is 2.44. The number of hydrogen-bond donors (Lipinski definition) is 2. The minimum absolute atomic E-state index is 0.146. The third kappa shape index (κ3) is 5.14. The van der Waals surface area contributed by atoms with E-state index in [-0.39, 0.29) is 24.7 Å². The van der Waals surface area contributed by atoms with Crippen molar-refractivity contribution in [2.75, 3.05) is 12.3 Å². The summed E-state index contributed by atoms with van der Waals surface area (Å²) >= 11 is 0. The van der Waals surface area contributed by atoms with Gasteiger partial charge in [0.2, 0.25) is 0 Å². The van der Waals surface area contributed by atoms with Gasteiger partial charge in [-0.1, -0.05) is 18.2 Å². The molecule has 0 spiro atoms. The predicted molar refractivity (Wildman–Crippen MR) is 139 cm³/mol. The predicted octanol–water partition coefficient (Wildman–Crippen LogP) is 3.29. The Bertz CT molecular complexity index is 1450. The van der Waals surface area contributed by atoms with Gasteiger partial charge >= 0.3 is 11.9 Å². The Balaban J connectivity index is 1.41. The topological polar surface area (TPSA) is 157 Å². The number of nitrogen functional groups attached to an aromatic ring is 1. The molecule has 4 aromatic rings. The molecule has 1 aliphatic heterocycles. The van der Waals surface area contributed by atoms with Crippen LogP contribution in [0, 0.1) is 11.8 Å². The number of nitrogens with two attached hydrogens (primary N) is 2. The van der Waals surface area contributed by atoms with Crippen molar-refractivity contribution in [3.63, 3.8) is 0 Å². The van der Waals surface area contributed by atoms with Crippen LogP contribution in [0.1, 0.15) is 20.3 Å². The lowest BCUT2D eigenvalue weighted by atomic mass is 9.93. The van der Waals surface area contributed by atoms with E-state index in [9.17, 15) is 9.59 Å². The Morgan fingerprint density at radius 2 is 1.66 bits per heavy atom. The minimum Gasteiger partial charge on any atom is -0.457 e. The van der Waals surface area contributed by atoms with Gasteiger partial charge in [-0.25, -0.2) is 14.6 Å². The SMILES string of the molecule is CC1(C)OC(=O)C(C[C@@H](CN)Cn2nc(-c3ccc(Oc4ccccc4)cc3)c3c(N)ncnc32)C(=O)O1. The molecule has 1 aliphatic rings. The number of esters is 2. The molecule has 2 aromatic carbocycles. The molecule has 196 valence electrons. The van der Waals surface area contributed by atoms with Crippen LogP contribution in [-0.2, 0) is 25.6 Å². The summed E-state index contributed by atoms with van der Waals surface area (Å²) in [6, 6.07) is 16.9. The number of cyclic esters (lactones) is 2. The van der Waals surface area contributed by atoms with Crippen LogP contribution >= 0.6 is 0 Å². The van der Waals surface area contributed by atoms with Gasteiger partial charge in [-0.2, -0.15) is 5.10 Å². The smallest absolute Gasteiger partial charge is 0.323 e. The largest absolute Gasteiger partial charge is 0.457 e. The van der Waals surface area contributed by atoms with Gasteiger partial charge in [-0.3, -0.25) is 9.59 Å². The first-order valence-corrected chi connectivity index (χ1v) is 12.2. The number of aromatic nitrogens is 4. The van der Waals surface area contributed by atoms with E-state index >= 15 is 0 Å². The van der Waals surface area contributed by atoms with Crippen molar-refractivity contribution in [3.8, 4) is 22.8 Å². The molecule has 0 unspecified atom stereocenters. The van der Waals surface area contributed by atoms with Crippen molar-refractivity contribution in [2.45, 2.75) is 32.6 Å². The van der Waals surface area contributed by atoms with Gasteiger partial charge in [0.25, 0.3) is 5.79 Å². The Morgan fingerprint density at radius 1 is 1.00 bits per heavy atom. The van der Waals surface area contributed by atoms with Crippen LogP contribution in [0.4, 0.5) is 5.82 Å². The molecule has 0 saturated carbocycles. The second kappa shape index (κ2) is 10.1. The van der Waals surface area contributed by atoms with E-state index in [0.717, 1.165) is 11.3 Å². The number of para-hydroxylation sites is 1. The summed E-state index contributed by atoms with van der Waals surface area (Å²) in [5, 5.41) is 5.38. The van der Waals surface area contributed by atoms with Crippen molar-refractivity contribution in [3.05, 3.63) is 60.9 Å². The first kappa shape index (κ1) is 25.2. The van der Waals surface area contributed by atoms with Gasteiger partial charge in [0.05, 0.1) is 5.39 Å². The van der Waals surface area contributed by atoms with Crippen LogP contribution in [0.15, 0.2) is 60.9 Å². The highest BCUT2D eigenvalue weighted by Crippen LogP contribution is 2.33. The molecule has 0 bridgehead atoms. The molecule has 11 nitrogen and oxygen atoms in total. The molecule has 3 heterocycles. The molecule has 1 atom stereocenters. The molecule has 38 heavy (non-hydrogen) atoms. The number of fused-ring (bicyclic) bond motifs is 1. The summed E-state index contributed by atoms with van der Waals surface area (Å²) in [6.45, 7) is 3.52. The monoisotopic (exact) mass is 516 g/mol. The van der Waals surface area contributed by atoms with E-state index in [1.165, 1.54) is 20.2 Å². The Kier molecular flexibility index (Phi) is 6.68. The lowest BCUT2D eigenvalue weighted by Gasteiger charge is -2.33. The summed E-state index contributed by atoms with van der Waals surface area (Å²) in [6.07, 6.45) is 1.51. The molecule has 4 N–H and O–H groups in total. The zero-order valence-corrected chi connectivity index (χ0v) is 21.0. The highest BCUT2D eigenvalue weighted by molar-refractivity contribution is 5.98. The van der Waals surface area contributed by atoms with Gasteiger partial charge < -0.3 is 25.7 Å². The summed E-state index contributed by atoms with van der Waals surface area (Å²) in [7, 11) is 0. The van der Waals surface area contributed by atoms with Crippen LogP contribution < -0.4 is 16.2 Å². The van der Waals surface area contributed by atoms with Gasteiger partial charge in [0, 0.05) is 26.0 Å². The molecule has 0 aliphatic carbocycles. The number of carbonyl (C=O) groups is 2. The number of anilines is 1. The number of ether oxygens (including phenoxy) is 3. The Hall–Kier alpha value is -4.51. The average Bonchev–Trinajstić information content (AvgIpc) is 3.25. The van der Waals surface area contributed by atoms with E-state index in [1.54, 1.807) is 4.68 Å². The number of benzene rings is 2. The normalized spacial score (nSPS) is 16.2. The fourth-order valence-electron chi connectivity index (χ4n) is 4.42. The minimum atomic E-state index is -1.29. The van der Waals surface area contributed by atoms with Crippen LogP contribution in [0.25, 0.3) is 22.3 Å². The molecule has 0 radical (unpaired) electrons. The standard InChI is InChI=1S/C27H28N6O5/c1-27(2)37-25(34)20(26(35)38-27)12-16(13-28)14-33-24-21(23(29)30-15-31-24)22(32-33)17-8-10-19(11-9-17)36-18-6-4-3-5-7-18/h3-11,15-16,20H,12-14,28H2,1-2H3,(H2,29,30,31)/t16-/m0/s1. The molecular weight excluding hydrogens is 488 g/mol. The van der Waals surface area contributed by atoms with E-state index in [4.69, 9.17) is 30.8 Å².